The molecule has 82 valence electrons. The third-order valence-corrected chi connectivity index (χ3v) is 5.23. The monoisotopic (exact) mass is 194 g/mol. The zero-order valence-corrected chi connectivity index (χ0v) is 10.2. The van der Waals surface area contributed by atoms with Gasteiger partial charge in [-0.25, -0.2) is 0 Å². The van der Waals surface area contributed by atoms with E-state index >= 15 is 0 Å². The molecule has 1 spiro atoms. The highest BCUT2D eigenvalue weighted by Crippen LogP contribution is 2.54. The fourth-order valence-corrected chi connectivity index (χ4v) is 3.94. The van der Waals surface area contributed by atoms with Crippen molar-refractivity contribution in [1.29, 1.82) is 0 Å². The molecular weight excluding hydrogens is 168 g/mol. The summed E-state index contributed by atoms with van der Waals surface area (Å²) in [4.78, 5) is 0. The van der Waals surface area contributed by atoms with E-state index in [2.05, 4.69) is 20.8 Å². The predicted molar refractivity (Wildman–Crippen MR) is 62.2 cm³/mol. The Hall–Kier alpha value is 0. The molecule has 0 N–H and O–H groups in total. The molecule has 0 aromatic carbocycles. The van der Waals surface area contributed by atoms with Gasteiger partial charge in [-0.15, -0.1) is 0 Å². The molecule has 0 unspecified atom stereocenters. The van der Waals surface area contributed by atoms with Gasteiger partial charge in [0.1, 0.15) is 0 Å². The second-order valence-electron chi connectivity index (χ2n) is 6.26. The van der Waals surface area contributed by atoms with E-state index in [1.807, 2.05) is 0 Å². The molecule has 0 radical (unpaired) electrons. The van der Waals surface area contributed by atoms with Crippen molar-refractivity contribution < 1.29 is 0 Å². The molecule has 0 aliphatic heterocycles. The smallest absolute Gasteiger partial charge is 0.0269 e. The van der Waals surface area contributed by atoms with Crippen LogP contribution in [-0.4, -0.2) is 0 Å². The summed E-state index contributed by atoms with van der Waals surface area (Å²) in [5.74, 6) is 2.96. The zero-order valence-electron chi connectivity index (χ0n) is 10.2. The Labute approximate surface area is 89.5 Å². The first kappa shape index (κ1) is 10.5. The fraction of sp³-hybridized carbons (Fsp3) is 1.00. The largest absolute Gasteiger partial charge is 0.0625 e. The normalized spacial score (nSPS) is 36.9. The molecule has 2 fully saturated rings. The van der Waals surface area contributed by atoms with E-state index in [1.165, 1.54) is 38.5 Å². The minimum atomic E-state index is 0.785. The molecular formula is C14H26. The molecule has 2 atom stereocenters. The van der Waals surface area contributed by atoms with Crippen LogP contribution >= 0.6 is 0 Å². The average molecular weight is 194 g/mol. The van der Waals surface area contributed by atoms with Gasteiger partial charge < -0.3 is 0 Å². The Bertz CT molecular complexity index is 186. The Morgan fingerprint density at radius 3 is 2.29 bits per heavy atom. The van der Waals surface area contributed by atoms with Crippen LogP contribution < -0.4 is 0 Å². The van der Waals surface area contributed by atoms with Crippen LogP contribution in [0, 0.1) is 23.2 Å². The summed E-state index contributed by atoms with van der Waals surface area (Å²) >= 11 is 0. The van der Waals surface area contributed by atoms with Crippen molar-refractivity contribution in [2.45, 2.75) is 65.7 Å². The van der Waals surface area contributed by atoms with Gasteiger partial charge in [-0.3, -0.25) is 0 Å². The summed E-state index contributed by atoms with van der Waals surface area (Å²) in [6.45, 7) is 7.36. The molecule has 0 amide bonds. The van der Waals surface area contributed by atoms with Crippen LogP contribution in [0.5, 0.6) is 0 Å². The molecule has 0 nitrogen and oxygen atoms in total. The summed E-state index contributed by atoms with van der Waals surface area (Å²) in [6, 6.07) is 0. The van der Waals surface area contributed by atoms with Crippen LogP contribution in [0.2, 0.25) is 0 Å². The third-order valence-electron chi connectivity index (χ3n) is 5.23. The maximum absolute atomic E-state index is 2.52. The van der Waals surface area contributed by atoms with E-state index < -0.39 is 0 Å². The van der Waals surface area contributed by atoms with Crippen molar-refractivity contribution >= 4 is 0 Å². The summed E-state index contributed by atoms with van der Waals surface area (Å²) < 4.78 is 0. The lowest BCUT2D eigenvalue weighted by atomic mass is 9.61. The Morgan fingerprint density at radius 2 is 1.71 bits per heavy atom. The maximum Gasteiger partial charge on any atom is -0.0269 e. The van der Waals surface area contributed by atoms with Crippen LogP contribution in [-0.2, 0) is 0 Å². The van der Waals surface area contributed by atoms with Crippen molar-refractivity contribution in [2.75, 3.05) is 0 Å². The van der Waals surface area contributed by atoms with E-state index in [1.54, 1.807) is 6.42 Å². The lowest BCUT2D eigenvalue weighted by Crippen LogP contribution is -2.35. The Morgan fingerprint density at radius 1 is 1.07 bits per heavy atom. The molecule has 2 aliphatic carbocycles. The average Bonchev–Trinajstić information content (AvgIpc) is 2.59. The van der Waals surface area contributed by atoms with Crippen LogP contribution in [0.25, 0.3) is 0 Å². The first-order valence-corrected chi connectivity index (χ1v) is 6.64. The maximum atomic E-state index is 2.52. The van der Waals surface area contributed by atoms with Gasteiger partial charge >= 0.3 is 0 Å². The molecule has 0 bridgehead atoms. The molecule has 0 aromatic heterocycles. The van der Waals surface area contributed by atoms with Gasteiger partial charge in [0.25, 0.3) is 0 Å². The second kappa shape index (κ2) is 3.87. The van der Waals surface area contributed by atoms with Gasteiger partial charge in [-0.1, -0.05) is 33.6 Å². The first-order chi connectivity index (χ1) is 6.64. The molecule has 2 rings (SSSR count). The zero-order chi connectivity index (χ0) is 10.2. The first-order valence-electron chi connectivity index (χ1n) is 6.64. The predicted octanol–water partition coefficient (Wildman–Crippen LogP) is 4.64. The second-order valence-corrected chi connectivity index (χ2v) is 6.26. The van der Waals surface area contributed by atoms with E-state index in [4.69, 9.17) is 0 Å². The van der Waals surface area contributed by atoms with Gasteiger partial charge in [-0.2, -0.15) is 0 Å². The fourth-order valence-electron chi connectivity index (χ4n) is 3.94. The summed E-state index contributed by atoms with van der Waals surface area (Å²) in [7, 11) is 0. The van der Waals surface area contributed by atoms with Gasteiger partial charge in [0, 0.05) is 0 Å². The van der Waals surface area contributed by atoms with Crippen LogP contribution in [0.4, 0.5) is 0 Å². The minimum absolute atomic E-state index is 0.785. The van der Waals surface area contributed by atoms with Crippen LogP contribution in [0.1, 0.15) is 65.7 Å². The highest BCUT2D eigenvalue weighted by molar-refractivity contribution is 4.94. The van der Waals surface area contributed by atoms with Crippen LogP contribution in [0.15, 0.2) is 0 Å². The number of hydrogen-bond acceptors (Lipinski definition) is 0. The molecule has 2 aliphatic rings. The van der Waals surface area contributed by atoms with Crippen molar-refractivity contribution in [3.05, 3.63) is 0 Å². The lowest BCUT2D eigenvalue weighted by Gasteiger charge is -2.45. The molecule has 0 heteroatoms. The summed E-state index contributed by atoms with van der Waals surface area (Å²) in [5, 5.41) is 0. The summed E-state index contributed by atoms with van der Waals surface area (Å²) in [6.07, 6.45) is 10.6. The van der Waals surface area contributed by atoms with Gasteiger partial charge in [-0.05, 0) is 55.3 Å². The molecule has 2 saturated carbocycles. The molecule has 0 aromatic rings. The Balaban J connectivity index is 2.06. The quantitative estimate of drug-likeness (QED) is 0.570. The van der Waals surface area contributed by atoms with Crippen molar-refractivity contribution in [2.24, 2.45) is 23.2 Å². The van der Waals surface area contributed by atoms with E-state index in [9.17, 15) is 0 Å². The number of hydrogen-bond donors (Lipinski definition) is 0. The van der Waals surface area contributed by atoms with Gasteiger partial charge in [0.05, 0.1) is 0 Å². The van der Waals surface area contributed by atoms with Crippen molar-refractivity contribution in [3.63, 3.8) is 0 Å². The standard InChI is InChI=1S/C14H26/c1-11(2)13-7-6-12(3)14(10-13)8-4-5-9-14/h11-13H,4-10H2,1-3H3/t12-,13-/m0/s1. The lowest BCUT2D eigenvalue weighted by molar-refractivity contribution is 0.0570. The third kappa shape index (κ3) is 1.73. The number of rotatable bonds is 1. The topological polar surface area (TPSA) is 0 Å². The van der Waals surface area contributed by atoms with Crippen LogP contribution in [0.3, 0.4) is 0 Å². The van der Waals surface area contributed by atoms with E-state index in [0.29, 0.717) is 0 Å². The molecule has 0 heterocycles. The highest BCUT2D eigenvalue weighted by Gasteiger charge is 2.43. The van der Waals surface area contributed by atoms with E-state index in [0.717, 1.165) is 23.2 Å². The van der Waals surface area contributed by atoms with E-state index in [-0.39, 0.29) is 0 Å². The summed E-state index contributed by atoms with van der Waals surface area (Å²) in [5.41, 5.74) is 0.785. The van der Waals surface area contributed by atoms with Crippen molar-refractivity contribution in [3.8, 4) is 0 Å². The highest BCUT2D eigenvalue weighted by atomic mass is 14.5. The molecule has 14 heavy (non-hydrogen) atoms. The van der Waals surface area contributed by atoms with Gasteiger partial charge in [0.15, 0.2) is 0 Å². The SMILES string of the molecule is CC(C)[C@H]1CC[C@H](C)C2(CCCC2)C1. The molecule has 0 saturated heterocycles. The minimum Gasteiger partial charge on any atom is -0.0625 e. The van der Waals surface area contributed by atoms with Gasteiger partial charge in [0.2, 0.25) is 0 Å². The Kier molecular flexibility index (Phi) is 2.91. The van der Waals surface area contributed by atoms with Crippen molar-refractivity contribution in [1.82, 2.24) is 0 Å².